The first-order valence-corrected chi connectivity index (χ1v) is 6.35. The van der Waals surface area contributed by atoms with E-state index in [0.29, 0.717) is 6.61 Å². The Labute approximate surface area is 112 Å². The summed E-state index contributed by atoms with van der Waals surface area (Å²) in [6.45, 7) is 2.56. The summed E-state index contributed by atoms with van der Waals surface area (Å²) in [5.41, 5.74) is 3.18. The van der Waals surface area contributed by atoms with Gasteiger partial charge in [-0.2, -0.15) is 0 Å². The molecule has 0 radical (unpaired) electrons. The number of hydrogen-bond donors (Lipinski definition) is 0. The molecule has 0 unspecified atom stereocenters. The molecular weight excluding hydrogens is 234 g/mol. The third-order valence-electron chi connectivity index (χ3n) is 3.06. The number of aromatic nitrogens is 1. The predicted molar refractivity (Wildman–Crippen MR) is 77.3 cm³/mol. The van der Waals surface area contributed by atoms with E-state index in [0.717, 1.165) is 22.3 Å². The Bertz CT molecular complexity index is 689. The lowest BCUT2D eigenvalue weighted by atomic mass is 10.2. The molecule has 0 fully saturated rings. The fourth-order valence-electron chi connectivity index (χ4n) is 1.98. The maximum atomic E-state index is 5.73. The van der Waals surface area contributed by atoms with Crippen LogP contribution < -0.4 is 4.74 Å². The first-order chi connectivity index (χ1) is 9.31. The molecule has 1 heterocycles. The van der Waals surface area contributed by atoms with Crippen molar-refractivity contribution in [3.63, 3.8) is 0 Å². The van der Waals surface area contributed by atoms with E-state index in [-0.39, 0.29) is 0 Å². The number of hydrogen-bond acceptors (Lipinski definition) is 2. The molecule has 0 saturated carbocycles. The second kappa shape index (κ2) is 5.11. The van der Waals surface area contributed by atoms with Crippen molar-refractivity contribution < 1.29 is 4.74 Å². The molecule has 0 spiro atoms. The summed E-state index contributed by atoms with van der Waals surface area (Å²) in [4.78, 5) is 4.58. The van der Waals surface area contributed by atoms with E-state index in [2.05, 4.69) is 24.0 Å². The minimum Gasteiger partial charge on any atom is -0.487 e. The highest BCUT2D eigenvalue weighted by molar-refractivity contribution is 5.78. The summed E-state index contributed by atoms with van der Waals surface area (Å²) in [6, 6.07) is 20.2. The summed E-state index contributed by atoms with van der Waals surface area (Å²) >= 11 is 0. The van der Waals surface area contributed by atoms with Crippen LogP contribution in [0, 0.1) is 6.92 Å². The second-order valence-electron chi connectivity index (χ2n) is 4.60. The van der Waals surface area contributed by atoms with Gasteiger partial charge in [-0.05, 0) is 31.2 Å². The van der Waals surface area contributed by atoms with Crippen molar-refractivity contribution in [2.24, 2.45) is 0 Å². The molecule has 0 aliphatic heterocycles. The predicted octanol–water partition coefficient (Wildman–Crippen LogP) is 4.12. The van der Waals surface area contributed by atoms with Crippen molar-refractivity contribution in [1.29, 1.82) is 0 Å². The first-order valence-electron chi connectivity index (χ1n) is 6.35. The van der Waals surface area contributed by atoms with Gasteiger partial charge in [0.2, 0.25) is 0 Å². The van der Waals surface area contributed by atoms with Gasteiger partial charge in [0.25, 0.3) is 0 Å². The van der Waals surface area contributed by atoms with Crippen LogP contribution in [0.15, 0.2) is 60.7 Å². The van der Waals surface area contributed by atoms with Crippen molar-refractivity contribution in [3.05, 3.63) is 71.9 Å². The molecule has 0 aliphatic rings. The van der Waals surface area contributed by atoms with Gasteiger partial charge >= 0.3 is 0 Å². The van der Waals surface area contributed by atoms with Gasteiger partial charge in [0, 0.05) is 5.39 Å². The molecule has 1 aromatic heterocycles. The molecule has 0 amide bonds. The van der Waals surface area contributed by atoms with Gasteiger partial charge in [-0.15, -0.1) is 0 Å². The lowest BCUT2D eigenvalue weighted by Crippen LogP contribution is -1.98. The molecule has 0 atom stereocenters. The van der Waals surface area contributed by atoms with Gasteiger partial charge in [-0.1, -0.05) is 42.0 Å². The fourth-order valence-corrected chi connectivity index (χ4v) is 1.98. The van der Waals surface area contributed by atoms with Crippen molar-refractivity contribution in [2.45, 2.75) is 13.5 Å². The lowest BCUT2D eigenvalue weighted by molar-refractivity contribution is 0.302. The highest BCUT2D eigenvalue weighted by Gasteiger charge is 1.99. The number of rotatable bonds is 3. The molecule has 3 aromatic rings. The molecule has 2 nitrogen and oxygen atoms in total. The van der Waals surface area contributed by atoms with E-state index in [1.54, 1.807) is 0 Å². The Hall–Kier alpha value is -2.35. The zero-order valence-corrected chi connectivity index (χ0v) is 10.8. The Morgan fingerprint density at radius 2 is 1.68 bits per heavy atom. The monoisotopic (exact) mass is 249 g/mol. The highest BCUT2D eigenvalue weighted by Crippen LogP contribution is 2.15. The van der Waals surface area contributed by atoms with E-state index < -0.39 is 0 Å². The SMILES string of the molecule is Cc1ccc(OCc2ccc3ccccc3n2)cc1. The average molecular weight is 249 g/mol. The highest BCUT2D eigenvalue weighted by atomic mass is 16.5. The van der Waals surface area contributed by atoms with Crippen LogP contribution in [0.5, 0.6) is 5.75 Å². The van der Waals surface area contributed by atoms with Crippen LogP contribution in [0.25, 0.3) is 10.9 Å². The number of pyridine rings is 1. The maximum absolute atomic E-state index is 5.73. The van der Waals surface area contributed by atoms with Crippen LogP contribution in [0.3, 0.4) is 0 Å². The third kappa shape index (κ3) is 2.74. The van der Waals surface area contributed by atoms with Gasteiger partial charge in [-0.25, -0.2) is 4.98 Å². The van der Waals surface area contributed by atoms with E-state index in [4.69, 9.17) is 4.74 Å². The van der Waals surface area contributed by atoms with Crippen LogP contribution in [0.4, 0.5) is 0 Å². The maximum Gasteiger partial charge on any atom is 0.130 e. The number of para-hydroxylation sites is 1. The molecule has 2 aromatic carbocycles. The van der Waals surface area contributed by atoms with Crippen LogP contribution in [-0.2, 0) is 6.61 Å². The lowest BCUT2D eigenvalue weighted by Gasteiger charge is -2.06. The van der Waals surface area contributed by atoms with Gasteiger partial charge in [0.15, 0.2) is 0 Å². The van der Waals surface area contributed by atoms with E-state index >= 15 is 0 Å². The van der Waals surface area contributed by atoms with Crippen LogP contribution in [0.2, 0.25) is 0 Å². The zero-order valence-electron chi connectivity index (χ0n) is 10.8. The van der Waals surface area contributed by atoms with E-state index in [1.165, 1.54) is 5.56 Å². The average Bonchev–Trinajstić information content (AvgIpc) is 2.46. The standard InChI is InChI=1S/C17H15NO/c1-13-6-10-16(11-7-13)19-12-15-9-8-14-4-2-3-5-17(14)18-15/h2-11H,12H2,1H3. The summed E-state index contributed by atoms with van der Waals surface area (Å²) in [7, 11) is 0. The third-order valence-corrected chi connectivity index (χ3v) is 3.06. The van der Waals surface area contributed by atoms with Crippen LogP contribution in [0.1, 0.15) is 11.3 Å². The fraction of sp³-hybridized carbons (Fsp3) is 0.118. The second-order valence-corrected chi connectivity index (χ2v) is 4.60. The van der Waals surface area contributed by atoms with Gasteiger partial charge in [0.1, 0.15) is 12.4 Å². The molecule has 2 heteroatoms. The summed E-state index contributed by atoms with van der Waals surface area (Å²) < 4.78 is 5.73. The largest absolute Gasteiger partial charge is 0.487 e. The normalized spacial score (nSPS) is 10.6. The van der Waals surface area contributed by atoms with E-state index in [9.17, 15) is 0 Å². The van der Waals surface area contributed by atoms with Crippen LogP contribution in [-0.4, -0.2) is 4.98 Å². The summed E-state index contributed by atoms with van der Waals surface area (Å²) in [5, 5.41) is 1.15. The topological polar surface area (TPSA) is 22.1 Å². The number of ether oxygens (including phenoxy) is 1. The van der Waals surface area contributed by atoms with Gasteiger partial charge in [-0.3, -0.25) is 0 Å². The molecule has 0 aliphatic carbocycles. The first kappa shape index (κ1) is 11.7. The van der Waals surface area contributed by atoms with Gasteiger partial charge in [0.05, 0.1) is 11.2 Å². The van der Waals surface area contributed by atoms with Crippen molar-refractivity contribution >= 4 is 10.9 Å². The zero-order chi connectivity index (χ0) is 13.1. The molecule has 3 rings (SSSR count). The minimum absolute atomic E-state index is 0.494. The molecule has 19 heavy (non-hydrogen) atoms. The van der Waals surface area contributed by atoms with Gasteiger partial charge < -0.3 is 4.74 Å². The minimum atomic E-state index is 0.494. The Morgan fingerprint density at radius 1 is 0.895 bits per heavy atom. The summed E-state index contributed by atoms with van der Waals surface area (Å²) in [6.07, 6.45) is 0. The van der Waals surface area contributed by atoms with Crippen molar-refractivity contribution in [1.82, 2.24) is 4.98 Å². The molecule has 0 bridgehead atoms. The Morgan fingerprint density at radius 3 is 2.53 bits per heavy atom. The smallest absolute Gasteiger partial charge is 0.130 e. The van der Waals surface area contributed by atoms with Crippen molar-refractivity contribution in [2.75, 3.05) is 0 Å². The molecular formula is C17H15NO. The molecule has 0 saturated heterocycles. The number of nitrogens with zero attached hydrogens (tertiary/aromatic N) is 1. The van der Waals surface area contributed by atoms with E-state index in [1.807, 2.05) is 48.5 Å². The van der Waals surface area contributed by atoms with Crippen LogP contribution >= 0.6 is 0 Å². The molecule has 94 valence electrons. The number of fused-ring (bicyclic) bond motifs is 1. The summed E-state index contributed by atoms with van der Waals surface area (Å²) in [5.74, 6) is 0.876. The Balaban J connectivity index is 1.76. The number of aryl methyl sites for hydroxylation is 1. The quantitative estimate of drug-likeness (QED) is 0.696. The number of benzene rings is 2. The Kier molecular flexibility index (Phi) is 3.15. The molecule has 0 N–H and O–H groups in total. The van der Waals surface area contributed by atoms with Crippen molar-refractivity contribution in [3.8, 4) is 5.75 Å².